The predicted octanol–water partition coefficient (Wildman–Crippen LogP) is 3.40. The molecule has 0 atom stereocenters. The van der Waals surface area contributed by atoms with Crippen LogP contribution in [0.3, 0.4) is 0 Å². The smallest absolute Gasteiger partial charge is 0.280 e. The molecule has 1 N–H and O–H groups in total. The number of hydrogen-bond acceptors (Lipinski definition) is 6. The van der Waals surface area contributed by atoms with Gasteiger partial charge in [0.1, 0.15) is 5.70 Å². The molecular weight excluding hydrogens is 414 g/mol. The van der Waals surface area contributed by atoms with Crippen LogP contribution in [0.15, 0.2) is 48.2 Å². The molecule has 0 saturated carbocycles. The number of rotatable bonds is 7. The van der Waals surface area contributed by atoms with Gasteiger partial charge in [-0.05, 0) is 43.5 Å². The third kappa shape index (κ3) is 5.23. The molecule has 2 amide bonds. The maximum atomic E-state index is 13.2. The maximum absolute atomic E-state index is 13.2. The van der Waals surface area contributed by atoms with Gasteiger partial charge in [-0.15, -0.1) is 0 Å². The minimum absolute atomic E-state index is 0.0453. The molecule has 0 aliphatic carbocycles. The van der Waals surface area contributed by atoms with Crippen molar-refractivity contribution in [3.05, 3.63) is 69.4 Å². The normalized spacial score (nSPS) is 13.9. The molecule has 0 bridgehead atoms. The number of benzene rings is 2. The predicted molar refractivity (Wildman–Crippen MR) is 119 cm³/mol. The number of carbonyl (C=O) groups excluding carboxylic acids is 2. The molecule has 9 heteroatoms. The van der Waals surface area contributed by atoms with Gasteiger partial charge in [0.05, 0.1) is 30.8 Å². The van der Waals surface area contributed by atoms with Crippen molar-refractivity contribution < 1.29 is 24.0 Å². The van der Waals surface area contributed by atoms with Crippen LogP contribution in [0.2, 0.25) is 0 Å². The Morgan fingerprint density at radius 1 is 1.03 bits per heavy atom. The number of hydrogen-bond donors (Lipinski definition) is 1. The van der Waals surface area contributed by atoms with Crippen molar-refractivity contribution in [3.63, 3.8) is 0 Å². The lowest BCUT2D eigenvalue weighted by Crippen LogP contribution is -2.41. The van der Waals surface area contributed by atoms with Gasteiger partial charge in [-0.2, -0.15) is 0 Å². The SMILES string of the molecule is COc1cc(C=C(NC(=O)c2ccccc2)C(=O)N2CCCCC2)c([N+](=O)[O-])cc1OC. The lowest BCUT2D eigenvalue weighted by Gasteiger charge is -2.27. The number of nitro groups is 1. The highest BCUT2D eigenvalue weighted by Crippen LogP contribution is 2.35. The van der Waals surface area contributed by atoms with Crippen LogP contribution in [0, 0.1) is 10.1 Å². The number of nitrogens with zero attached hydrogens (tertiary/aromatic N) is 2. The Balaban J connectivity index is 2.06. The molecule has 1 saturated heterocycles. The molecule has 0 unspecified atom stereocenters. The zero-order valence-corrected chi connectivity index (χ0v) is 18.0. The van der Waals surface area contributed by atoms with E-state index in [0.717, 1.165) is 19.3 Å². The summed E-state index contributed by atoms with van der Waals surface area (Å²) < 4.78 is 10.4. The van der Waals surface area contributed by atoms with Gasteiger partial charge < -0.3 is 19.7 Å². The topological polar surface area (TPSA) is 111 Å². The number of ether oxygens (including phenoxy) is 2. The first-order valence-electron chi connectivity index (χ1n) is 10.2. The van der Waals surface area contributed by atoms with E-state index < -0.39 is 16.7 Å². The fraction of sp³-hybridized carbons (Fsp3) is 0.304. The van der Waals surface area contributed by atoms with Gasteiger partial charge >= 0.3 is 0 Å². The Morgan fingerprint density at radius 3 is 2.25 bits per heavy atom. The van der Waals surface area contributed by atoms with Gasteiger partial charge in [0.2, 0.25) is 0 Å². The second-order valence-electron chi connectivity index (χ2n) is 7.25. The molecule has 1 aliphatic heterocycles. The summed E-state index contributed by atoms with van der Waals surface area (Å²) in [6.45, 7) is 1.12. The monoisotopic (exact) mass is 439 g/mol. The van der Waals surface area contributed by atoms with Gasteiger partial charge in [-0.25, -0.2) is 0 Å². The largest absolute Gasteiger partial charge is 0.493 e. The van der Waals surface area contributed by atoms with E-state index in [9.17, 15) is 19.7 Å². The second-order valence-corrected chi connectivity index (χ2v) is 7.25. The second kappa shape index (κ2) is 10.4. The van der Waals surface area contributed by atoms with Crippen LogP contribution in [0.25, 0.3) is 6.08 Å². The standard InChI is InChI=1S/C23H25N3O6/c1-31-20-14-17(19(26(29)30)15-21(20)32-2)13-18(23(28)25-11-7-4-8-12-25)24-22(27)16-9-5-3-6-10-16/h3,5-6,9-10,13-15H,4,7-8,11-12H2,1-2H3,(H,24,27). The molecule has 1 heterocycles. The number of nitrogens with one attached hydrogen (secondary N) is 1. The van der Waals surface area contributed by atoms with Crippen molar-refractivity contribution in [2.45, 2.75) is 19.3 Å². The summed E-state index contributed by atoms with van der Waals surface area (Å²) in [6, 6.07) is 11.1. The van der Waals surface area contributed by atoms with E-state index in [4.69, 9.17) is 9.47 Å². The minimum Gasteiger partial charge on any atom is -0.493 e. The number of carbonyl (C=O) groups is 2. The number of nitro benzene ring substituents is 1. The summed E-state index contributed by atoms with van der Waals surface area (Å²) in [4.78, 5) is 38.8. The van der Waals surface area contributed by atoms with E-state index in [1.165, 1.54) is 32.4 Å². The Morgan fingerprint density at radius 2 is 1.66 bits per heavy atom. The van der Waals surface area contributed by atoms with Crippen LogP contribution >= 0.6 is 0 Å². The first-order chi connectivity index (χ1) is 15.4. The zero-order chi connectivity index (χ0) is 23.1. The quantitative estimate of drug-likeness (QED) is 0.402. The zero-order valence-electron chi connectivity index (χ0n) is 18.0. The average Bonchev–Trinajstić information content (AvgIpc) is 2.83. The number of amides is 2. The summed E-state index contributed by atoms with van der Waals surface area (Å²) in [6.07, 6.45) is 4.07. The average molecular weight is 439 g/mol. The van der Waals surface area contributed by atoms with E-state index in [2.05, 4.69) is 5.32 Å². The van der Waals surface area contributed by atoms with Gasteiger partial charge in [-0.1, -0.05) is 18.2 Å². The van der Waals surface area contributed by atoms with Crippen LogP contribution in [0.1, 0.15) is 35.2 Å². The lowest BCUT2D eigenvalue weighted by molar-refractivity contribution is -0.385. The highest BCUT2D eigenvalue weighted by molar-refractivity contribution is 6.05. The van der Waals surface area contributed by atoms with Crippen molar-refractivity contribution in [1.29, 1.82) is 0 Å². The molecule has 32 heavy (non-hydrogen) atoms. The lowest BCUT2D eigenvalue weighted by atomic mass is 10.1. The van der Waals surface area contributed by atoms with E-state index in [1.54, 1.807) is 35.2 Å². The Hall–Kier alpha value is -3.88. The minimum atomic E-state index is -0.574. The number of likely N-dealkylation sites (tertiary alicyclic amines) is 1. The van der Waals surface area contributed by atoms with Crippen molar-refractivity contribution in [2.24, 2.45) is 0 Å². The molecule has 2 aromatic carbocycles. The molecule has 0 spiro atoms. The van der Waals surface area contributed by atoms with Crippen molar-refractivity contribution >= 4 is 23.6 Å². The van der Waals surface area contributed by atoms with Crippen LogP contribution in [-0.4, -0.2) is 48.9 Å². The molecule has 0 aromatic heterocycles. The van der Waals surface area contributed by atoms with Crippen molar-refractivity contribution in [1.82, 2.24) is 10.2 Å². The molecule has 168 valence electrons. The first-order valence-corrected chi connectivity index (χ1v) is 10.2. The molecule has 3 rings (SSSR count). The summed E-state index contributed by atoms with van der Waals surface area (Å²) in [5.41, 5.74) is 0.157. The van der Waals surface area contributed by atoms with E-state index >= 15 is 0 Å². The first kappa shape index (κ1) is 22.8. The van der Waals surface area contributed by atoms with Crippen LogP contribution in [-0.2, 0) is 4.79 Å². The Labute approximate surface area is 185 Å². The third-order valence-electron chi connectivity index (χ3n) is 5.19. The van der Waals surface area contributed by atoms with Crippen LogP contribution in [0.5, 0.6) is 11.5 Å². The highest BCUT2D eigenvalue weighted by atomic mass is 16.6. The van der Waals surface area contributed by atoms with Crippen molar-refractivity contribution in [3.8, 4) is 11.5 Å². The van der Waals surface area contributed by atoms with Gasteiger partial charge in [0, 0.05) is 18.7 Å². The summed E-state index contributed by atoms with van der Waals surface area (Å²) in [7, 11) is 2.79. The van der Waals surface area contributed by atoms with Gasteiger partial charge in [0.25, 0.3) is 17.5 Å². The number of piperidine rings is 1. The van der Waals surface area contributed by atoms with Crippen LogP contribution < -0.4 is 14.8 Å². The van der Waals surface area contributed by atoms with Crippen molar-refractivity contribution in [2.75, 3.05) is 27.3 Å². The van der Waals surface area contributed by atoms with Gasteiger partial charge in [0.15, 0.2) is 11.5 Å². The van der Waals surface area contributed by atoms with Gasteiger partial charge in [-0.3, -0.25) is 19.7 Å². The molecule has 0 radical (unpaired) electrons. The molecule has 1 fully saturated rings. The highest BCUT2D eigenvalue weighted by Gasteiger charge is 2.25. The summed E-state index contributed by atoms with van der Waals surface area (Å²) in [5.74, 6) is -0.416. The van der Waals surface area contributed by atoms with Crippen LogP contribution in [0.4, 0.5) is 5.69 Å². The Kier molecular flexibility index (Phi) is 7.43. The van der Waals surface area contributed by atoms with E-state index in [0.29, 0.717) is 18.7 Å². The fourth-order valence-corrected chi connectivity index (χ4v) is 3.52. The molecular formula is C23H25N3O6. The Bertz CT molecular complexity index is 1030. The maximum Gasteiger partial charge on any atom is 0.280 e. The van der Waals surface area contributed by atoms with E-state index in [-0.39, 0.29) is 28.4 Å². The molecule has 1 aliphatic rings. The molecule has 9 nitrogen and oxygen atoms in total. The molecule has 2 aromatic rings. The summed E-state index contributed by atoms with van der Waals surface area (Å²) in [5, 5.41) is 14.3. The summed E-state index contributed by atoms with van der Waals surface area (Å²) >= 11 is 0. The van der Waals surface area contributed by atoms with E-state index in [1.807, 2.05) is 0 Å². The number of methoxy groups -OCH3 is 2. The third-order valence-corrected chi connectivity index (χ3v) is 5.19. The fourth-order valence-electron chi connectivity index (χ4n) is 3.52.